The highest BCUT2D eigenvalue weighted by Crippen LogP contribution is 2.22. The number of hydrogen-bond acceptors (Lipinski definition) is 4. The summed E-state index contributed by atoms with van der Waals surface area (Å²) in [5, 5.41) is 12.6. The molecule has 0 aromatic carbocycles. The lowest BCUT2D eigenvalue weighted by Crippen LogP contribution is -2.20. The standard InChI is InChI=1S/C12H17N3OS/c1-2-3-8-10-14-15-12(17-10)13-11(16)9-6-4-5-7-9/h4-5,9H,2-3,6-8H2,1H3,(H,13,15,16). The topological polar surface area (TPSA) is 54.9 Å². The summed E-state index contributed by atoms with van der Waals surface area (Å²) in [7, 11) is 0. The van der Waals surface area contributed by atoms with E-state index >= 15 is 0 Å². The number of unbranched alkanes of at least 4 members (excludes halogenated alkanes) is 1. The van der Waals surface area contributed by atoms with E-state index in [1.165, 1.54) is 11.3 Å². The Kier molecular flexibility index (Phi) is 4.25. The maximum Gasteiger partial charge on any atom is 0.229 e. The van der Waals surface area contributed by atoms with Gasteiger partial charge in [0.2, 0.25) is 11.0 Å². The molecule has 1 N–H and O–H groups in total. The van der Waals surface area contributed by atoms with Crippen LogP contribution in [0.5, 0.6) is 0 Å². The minimum Gasteiger partial charge on any atom is -0.300 e. The molecule has 2 rings (SSSR count). The van der Waals surface area contributed by atoms with Gasteiger partial charge in [-0.1, -0.05) is 36.8 Å². The zero-order valence-corrected chi connectivity index (χ0v) is 10.8. The van der Waals surface area contributed by atoms with E-state index in [9.17, 15) is 4.79 Å². The van der Waals surface area contributed by atoms with Crippen molar-refractivity contribution < 1.29 is 4.79 Å². The molecule has 0 aliphatic heterocycles. The van der Waals surface area contributed by atoms with Crippen molar-refractivity contribution in [3.63, 3.8) is 0 Å². The molecule has 92 valence electrons. The van der Waals surface area contributed by atoms with E-state index in [4.69, 9.17) is 0 Å². The summed E-state index contributed by atoms with van der Waals surface area (Å²) in [5.41, 5.74) is 0. The number of allylic oxidation sites excluding steroid dienone is 2. The first-order valence-electron chi connectivity index (χ1n) is 6.08. The molecule has 0 fully saturated rings. The number of aromatic nitrogens is 2. The molecule has 1 heterocycles. The van der Waals surface area contributed by atoms with E-state index in [1.54, 1.807) is 0 Å². The maximum absolute atomic E-state index is 11.8. The molecule has 1 amide bonds. The fourth-order valence-electron chi connectivity index (χ4n) is 1.77. The van der Waals surface area contributed by atoms with Crippen LogP contribution in [0.1, 0.15) is 37.6 Å². The highest BCUT2D eigenvalue weighted by atomic mass is 32.1. The summed E-state index contributed by atoms with van der Waals surface area (Å²) >= 11 is 1.49. The van der Waals surface area contributed by atoms with Gasteiger partial charge in [-0.2, -0.15) is 0 Å². The van der Waals surface area contributed by atoms with Gasteiger partial charge >= 0.3 is 0 Å². The van der Waals surface area contributed by atoms with Gasteiger partial charge in [-0.3, -0.25) is 4.79 Å². The Morgan fingerprint density at radius 2 is 2.24 bits per heavy atom. The van der Waals surface area contributed by atoms with Crippen LogP contribution in [0, 0.1) is 5.92 Å². The predicted molar refractivity (Wildman–Crippen MR) is 69.0 cm³/mol. The van der Waals surface area contributed by atoms with E-state index in [0.717, 1.165) is 37.1 Å². The number of nitrogens with one attached hydrogen (secondary N) is 1. The molecule has 1 aliphatic rings. The molecular weight excluding hydrogens is 234 g/mol. The predicted octanol–water partition coefficient (Wildman–Crippen LogP) is 2.79. The Bertz CT molecular complexity index is 406. The lowest BCUT2D eigenvalue weighted by molar-refractivity contribution is -0.119. The summed E-state index contributed by atoms with van der Waals surface area (Å²) < 4.78 is 0. The molecule has 0 radical (unpaired) electrons. The number of hydrogen-bond donors (Lipinski definition) is 1. The molecule has 4 nitrogen and oxygen atoms in total. The maximum atomic E-state index is 11.8. The first kappa shape index (κ1) is 12.2. The molecule has 0 spiro atoms. The van der Waals surface area contributed by atoms with Crippen molar-refractivity contribution in [2.75, 3.05) is 5.32 Å². The van der Waals surface area contributed by atoms with Gasteiger partial charge in [0.15, 0.2) is 0 Å². The van der Waals surface area contributed by atoms with Gasteiger partial charge < -0.3 is 5.32 Å². The molecule has 17 heavy (non-hydrogen) atoms. The van der Waals surface area contributed by atoms with Crippen molar-refractivity contribution >= 4 is 22.4 Å². The summed E-state index contributed by atoms with van der Waals surface area (Å²) in [6.07, 6.45) is 9.01. The third-order valence-electron chi connectivity index (χ3n) is 2.82. The molecule has 1 aromatic heterocycles. The number of carbonyl (C=O) groups excluding carboxylic acids is 1. The Balaban J connectivity index is 1.85. The van der Waals surface area contributed by atoms with Crippen molar-refractivity contribution in [2.45, 2.75) is 39.0 Å². The van der Waals surface area contributed by atoms with E-state index in [1.807, 2.05) is 0 Å². The average Bonchev–Trinajstić information content (AvgIpc) is 2.97. The molecular formula is C12H17N3OS. The number of aryl methyl sites for hydroxylation is 1. The molecule has 0 bridgehead atoms. The number of anilines is 1. The molecule has 5 heteroatoms. The Morgan fingerprint density at radius 1 is 1.47 bits per heavy atom. The second-order valence-corrected chi connectivity index (χ2v) is 5.30. The van der Waals surface area contributed by atoms with E-state index in [2.05, 4.69) is 34.6 Å². The second kappa shape index (κ2) is 5.91. The van der Waals surface area contributed by atoms with E-state index < -0.39 is 0 Å². The first-order valence-corrected chi connectivity index (χ1v) is 6.89. The lowest BCUT2D eigenvalue weighted by Gasteiger charge is -2.06. The Labute approximate surface area is 105 Å². The summed E-state index contributed by atoms with van der Waals surface area (Å²) in [4.78, 5) is 11.8. The van der Waals surface area contributed by atoms with Crippen LogP contribution in [0.2, 0.25) is 0 Å². The fraction of sp³-hybridized carbons (Fsp3) is 0.583. The van der Waals surface area contributed by atoms with Crippen molar-refractivity contribution in [3.05, 3.63) is 17.2 Å². The third-order valence-corrected chi connectivity index (χ3v) is 3.72. The van der Waals surface area contributed by atoms with Gasteiger partial charge in [-0.15, -0.1) is 10.2 Å². The zero-order valence-electron chi connectivity index (χ0n) is 9.98. The van der Waals surface area contributed by atoms with Crippen LogP contribution in [0.15, 0.2) is 12.2 Å². The van der Waals surface area contributed by atoms with Crippen LogP contribution in [-0.4, -0.2) is 16.1 Å². The molecule has 0 atom stereocenters. The normalized spacial score (nSPS) is 15.4. The van der Waals surface area contributed by atoms with Crippen molar-refractivity contribution in [3.8, 4) is 0 Å². The SMILES string of the molecule is CCCCc1nnc(NC(=O)C2CC=CC2)s1. The molecule has 0 unspecified atom stereocenters. The van der Waals surface area contributed by atoms with Crippen LogP contribution in [0.3, 0.4) is 0 Å². The average molecular weight is 251 g/mol. The monoisotopic (exact) mass is 251 g/mol. The zero-order chi connectivity index (χ0) is 12.1. The summed E-state index contributed by atoms with van der Waals surface area (Å²) in [6.45, 7) is 2.15. The molecule has 1 aliphatic carbocycles. The molecule has 0 saturated heterocycles. The van der Waals surface area contributed by atoms with Crippen LogP contribution in [-0.2, 0) is 11.2 Å². The summed E-state index contributed by atoms with van der Waals surface area (Å²) in [6, 6.07) is 0. The van der Waals surface area contributed by atoms with Crippen LogP contribution < -0.4 is 5.32 Å². The number of rotatable bonds is 5. The largest absolute Gasteiger partial charge is 0.300 e. The smallest absolute Gasteiger partial charge is 0.229 e. The van der Waals surface area contributed by atoms with Crippen molar-refractivity contribution in [1.29, 1.82) is 0 Å². The summed E-state index contributed by atoms with van der Waals surface area (Å²) in [5.74, 6) is 0.145. The number of carbonyl (C=O) groups is 1. The third kappa shape index (κ3) is 3.36. The van der Waals surface area contributed by atoms with E-state index in [0.29, 0.717) is 5.13 Å². The van der Waals surface area contributed by atoms with Crippen LogP contribution in [0.4, 0.5) is 5.13 Å². The van der Waals surface area contributed by atoms with Gasteiger partial charge in [0.1, 0.15) is 5.01 Å². The fourth-order valence-corrected chi connectivity index (χ4v) is 2.56. The van der Waals surface area contributed by atoms with Crippen molar-refractivity contribution in [1.82, 2.24) is 10.2 Å². The second-order valence-electron chi connectivity index (χ2n) is 4.23. The van der Waals surface area contributed by atoms with Crippen LogP contribution >= 0.6 is 11.3 Å². The number of nitrogens with zero attached hydrogens (tertiary/aromatic N) is 2. The minimum absolute atomic E-state index is 0.0631. The quantitative estimate of drug-likeness (QED) is 0.819. The van der Waals surface area contributed by atoms with E-state index in [-0.39, 0.29) is 11.8 Å². The molecule has 1 aromatic rings. The molecule has 0 saturated carbocycles. The Hall–Kier alpha value is -1.23. The Morgan fingerprint density at radius 3 is 2.94 bits per heavy atom. The van der Waals surface area contributed by atoms with Gasteiger partial charge in [0.25, 0.3) is 0 Å². The van der Waals surface area contributed by atoms with Crippen LogP contribution in [0.25, 0.3) is 0 Å². The minimum atomic E-state index is 0.0631. The van der Waals surface area contributed by atoms with Gasteiger partial charge in [0.05, 0.1) is 0 Å². The van der Waals surface area contributed by atoms with Gasteiger partial charge in [0, 0.05) is 12.3 Å². The number of amides is 1. The van der Waals surface area contributed by atoms with Gasteiger partial charge in [-0.25, -0.2) is 0 Å². The van der Waals surface area contributed by atoms with Crippen molar-refractivity contribution in [2.24, 2.45) is 5.92 Å². The lowest BCUT2D eigenvalue weighted by atomic mass is 10.1. The first-order chi connectivity index (χ1) is 8.29. The highest BCUT2D eigenvalue weighted by molar-refractivity contribution is 7.15. The van der Waals surface area contributed by atoms with Gasteiger partial charge in [-0.05, 0) is 19.3 Å². The highest BCUT2D eigenvalue weighted by Gasteiger charge is 2.20.